The van der Waals surface area contributed by atoms with Gasteiger partial charge in [-0.3, -0.25) is 9.69 Å². The number of piperazine rings is 1. The Morgan fingerprint density at radius 1 is 1.06 bits per heavy atom. The number of aryl methyl sites for hydroxylation is 1. The fourth-order valence-electron chi connectivity index (χ4n) is 3.76. The molecule has 1 saturated heterocycles. The first-order chi connectivity index (χ1) is 15.0. The van der Waals surface area contributed by atoms with Crippen LogP contribution in [0.1, 0.15) is 11.1 Å². The lowest BCUT2D eigenvalue weighted by molar-refractivity contribution is -0.130. The van der Waals surface area contributed by atoms with Gasteiger partial charge in [0.1, 0.15) is 5.82 Å². The number of amides is 1. The lowest BCUT2D eigenvalue weighted by Crippen LogP contribution is -2.48. The van der Waals surface area contributed by atoms with E-state index in [9.17, 15) is 9.18 Å². The van der Waals surface area contributed by atoms with Crippen molar-refractivity contribution in [1.29, 1.82) is 0 Å². The van der Waals surface area contributed by atoms with Crippen molar-refractivity contribution in [3.63, 3.8) is 0 Å². The monoisotopic (exact) mass is 439 g/mol. The summed E-state index contributed by atoms with van der Waals surface area (Å²) in [5, 5.41) is 8.86. The van der Waals surface area contributed by atoms with Crippen LogP contribution in [0.4, 0.5) is 4.39 Å². The Kier molecular flexibility index (Phi) is 6.67. The molecule has 0 spiro atoms. The second-order valence-corrected chi connectivity index (χ2v) is 8.72. The molecule has 1 aliphatic rings. The number of carbonyl (C=O) groups excluding carboxylic acids is 1. The predicted molar refractivity (Wildman–Crippen MR) is 120 cm³/mol. The molecular weight excluding hydrogens is 413 g/mol. The van der Waals surface area contributed by atoms with Crippen LogP contribution >= 0.6 is 11.8 Å². The number of nitrogens with zero attached hydrogens (tertiary/aromatic N) is 5. The maximum absolute atomic E-state index is 14.1. The van der Waals surface area contributed by atoms with Crippen LogP contribution in [0.15, 0.2) is 53.7 Å². The summed E-state index contributed by atoms with van der Waals surface area (Å²) >= 11 is 1.34. The van der Waals surface area contributed by atoms with Crippen LogP contribution < -0.4 is 0 Å². The normalized spacial score (nSPS) is 14.7. The molecule has 8 heteroatoms. The summed E-state index contributed by atoms with van der Waals surface area (Å²) in [6, 6.07) is 15.0. The summed E-state index contributed by atoms with van der Waals surface area (Å²) < 4.78 is 15.8. The van der Waals surface area contributed by atoms with E-state index in [0.29, 0.717) is 22.3 Å². The summed E-state index contributed by atoms with van der Waals surface area (Å²) in [5.74, 6) is 0.504. The molecule has 31 heavy (non-hydrogen) atoms. The summed E-state index contributed by atoms with van der Waals surface area (Å²) in [5.41, 5.74) is 2.98. The zero-order valence-electron chi connectivity index (χ0n) is 17.8. The molecule has 0 unspecified atom stereocenters. The van der Waals surface area contributed by atoms with Gasteiger partial charge in [0.15, 0.2) is 11.0 Å². The topological polar surface area (TPSA) is 54.3 Å². The highest BCUT2D eigenvalue weighted by Gasteiger charge is 2.22. The first-order valence-electron chi connectivity index (χ1n) is 10.3. The number of hydrogen-bond donors (Lipinski definition) is 0. The van der Waals surface area contributed by atoms with E-state index in [1.165, 1.54) is 29.0 Å². The molecule has 0 aliphatic carbocycles. The first-order valence-corrected chi connectivity index (χ1v) is 11.3. The minimum absolute atomic E-state index is 0.0932. The van der Waals surface area contributed by atoms with E-state index in [4.69, 9.17) is 0 Å². The Bertz CT molecular complexity index is 1060. The molecule has 1 aromatic heterocycles. The number of hydrogen-bond acceptors (Lipinski definition) is 5. The molecule has 3 aromatic rings. The van der Waals surface area contributed by atoms with Gasteiger partial charge in [-0.2, -0.15) is 0 Å². The molecule has 1 fully saturated rings. The van der Waals surface area contributed by atoms with Gasteiger partial charge in [-0.1, -0.05) is 53.7 Å². The van der Waals surface area contributed by atoms with Crippen molar-refractivity contribution in [2.24, 2.45) is 7.05 Å². The second-order valence-electron chi connectivity index (χ2n) is 7.78. The largest absolute Gasteiger partial charge is 0.339 e. The number of benzene rings is 2. The molecule has 6 nitrogen and oxygen atoms in total. The van der Waals surface area contributed by atoms with E-state index in [1.54, 1.807) is 29.8 Å². The standard InChI is InChI=1S/C23H26FN5OS/c1-17-6-5-7-18(14-17)15-28-10-12-29(13-11-28)21(30)16-31-23-26-25-22(27(23)2)19-8-3-4-9-20(19)24/h3-9,14H,10-13,15-16H2,1-2H3. The predicted octanol–water partition coefficient (Wildman–Crippen LogP) is 3.37. The van der Waals surface area contributed by atoms with E-state index >= 15 is 0 Å². The zero-order valence-corrected chi connectivity index (χ0v) is 18.6. The molecule has 0 radical (unpaired) electrons. The molecule has 4 rings (SSSR count). The van der Waals surface area contributed by atoms with Gasteiger partial charge < -0.3 is 9.47 Å². The Morgan fingerprint density at radius 3 is 2.58 bits per heavy atom. The van der Waals surface area contributed by atoms with E-state index in [0.717, 1.165) is 32.7 Å². The Hall–Kier alpha value is -2.71. The average Bonchev–Trinajstić information content (AvgIpc) is 3.13. The molecule has 1 aliphatic heterocycles. The van der Waals surface area contributed by atoms with E-state index in [2.05, 4.69) is 46.3 Å². The van der Waals surface area contributed by atoms with Gasteiger partial charge in [0.2, 0.25) is 5.91 Å². The van der Waals surface area contributed by atoms with Crippen molar-refractivity contribution < 1.29 is 9.18 Å². The molecule has 0 bridgehead atoms. The van der Waals surface area contributed by atoms with E-state index < -0.39 is 0 Å². The van der Waals surface area contributed by atoms with Crippen molar-refractivity contribution in [2.45, 2.75) is 18.6 Å². The maximum atomic E-state index is 14.1. The molecule has 0 atom stereocenters. The minimum atomic E-state index is -0.339. The molecule has 0 N–H and O–H groups in total. The minimum Gasteiger partial charge on any atom is -0.339 e. The maximum Gasteiger partial charge on any atom is 0.233 e. The SMILES string of the molecule is Cc1cccc(CN2CCN(C(=O)CSc3nnc(-c4ccccc4F)n3C)CC2)c1. The molecule has 1 amide bonds. The van der Waals surface area contributed by atoms with Gasteiger partial charge in [-0.15, -0.1) is 10.2 Å². The van der Waals surface area contributed by atoms with Crippen molar-refractivity contribution in [3.8, 4) is 11.4 Å². The quantitative estimate of drug-likeness (QED) is 0.552. The smallest absolute Gasteiger partial charge is 0.233 e. The first kappa shape index (κ1) is 21.5. The Morgan fingerprint density at radius 2 is 1.84 bits per heavy atom. The average molecular weight is 440 g/mol. The number of aromatic nitrogens is 3. The number of thioether (sulfide) groups is 1. The molecule has 2 heterocycles. The van der Waals surface area contributed by atoms with Crippen LogP contribution in [0.2, 0.25) is 0 Å². The van der Waals surface area contributed by atoms with Crippen molar-refractivity contribution in [1.82, 2.24) is 24.6 Å². The summed E-state index contributed by atoms with van der Waals surface area (Å²) in [7, 11) is 1.79. The number of carbonyl (C=O) groups is 1. The van der Waals surface area contributed by atoms with E-state index in [-0.39, 0.29) is 11.7 Å². The highest BCUT2D eigenvalue weighted by molar-refractivity contribution is 7.99. The van der Waals surface area contributed by atoms with Crippen molar-refractivity contribution >= 4 is 17.7 Å². The fourth-order valence-corrected chi connectivity index (χ4v) is 4.57. The molecule has 0 saturated carbocycles. The van der Waals surface area contributed by atoms with Crippen LogP contribution in [0, 0.1) is 12.7 Å². The van der Waals surface area contributed by atoms with E-state index in [1.807, 2.05) is 4.90 Å². The Labute approximate surface area is 186 Å². The second kappa shape index (κ2) is 9.62. The molecular formula is C23H26FN5OS. The van der Waals surface area contributed by atoms with Gasteiger partial charge in [-0.25, -0.2) is 4.39 Å². The Balaban J connectivity index is 1.29. The zero-order chi connectivity index (χ0) is 21.8. The fraction of sp³-hybridized carbons (Fsp3) is 0.348. The summed E-state index contributed by atoms with van der Waals surface area (Å²) in [6.45, 7) is 6.21. The number of rotatable bonds is 6. The summed E-state index contributed by atoms with van der Waals surface area (Å²) in [6.07, 6.45) is 0. The van der Waals surface area contributed by atoms with Gasteiger partial charge in [0, 0.05) is 39.8 Å². The van der Waals surface area contributed by atoms with Crippen molar-refractivity contribution in [2.75, 3.05) is 31.9 Å². The van der Waals surface area contributed by atoms with Crippen LogP contribution in [0.3, 0.4) is 0 Å². The van der Waals surface area contributed by atoms with Crippen LogP contribution in [-0.2, 0) is 18.4 Å². The molecule has 162 valence electrons. The van der Waals surface area contributed by atoms with Crippen molar-refractivity contribution in [3.05, 3.63) is 65.5 Å². The third-order valence-corrected chi connectivity index (χ3v) is 6.49. The van der Waals surface area contributed by atoms with Gasteiger partial charge >= 0.3 is 0 Å². The highest BCUT2D eigenvalue weighted by Crippen LogP contribution is 2.25. The van der Waals surface area contributed by atoms with Gasteiger partial charge in [-0.05, 0) is 24.6 Å². The molecule has 2 aromatic carbocycles. The summed E-state index contributed by atoms with van der Waals surface area (Å²) in [4.78, 5) is 17.0. The number of halogens is 1. The van der Waals surface area contributed by atoms with Gasteiger partial charge in [0.25, 0.3) is 0 Å². The lowest BCUT2D eigenvalue weighted by Gasteiger charge is -2.34. The van der Waals surface area contributed by atoms with Crippen LogP contribution in [-0.4, -0.2) is 62.4 Å². The lowest BCUT2D eigenvalue weighted by atomic mass is 10.1. The van der Waals surface area contributed by atoms with Crippen LogP contribution in [0.25, 0.3) is 11.4 Å². The third-order valence-electron chi connectivity index (χ3n) is 5.49. The highest BCUT2D eigenvalue weighted by atomic mass is 32.2. The van der Waals surface area contributed by atoms with Gasteiger partial charge in [0.05, 0.1) is 11.3 Å². The van der Waals surface area contributed by atoms with Crippen LogP contribution in [0.5, 0.6) is 0 Å². The third kappa shape index (κ3) is 5.14.